The number of imide groups is 1. The van der Waals surface area contributed by atoms with Crippen LogP contribution in [0.4, 0.5) is 11.4 Å². The van der Waals surface area contributed by atoms with Crippen molar-refractivity contribution in [1.29, 1.82) is 0 Å². The first-order valence-corrected chi connectivity index (χ1v) is 12.0. The number of rotatable bonds is 7. The van der Waals surface area contributed by atoms with Crippen LogP contribution in [0.3, 0.4) is 0 Å². The molecule has 0 aliphatic carbocycles. The Bertz CT molecular complexity index is 1360. The Labute approximate surface area is 213 Å². The fourth-order valence-electron chi connectivity index (χ4n) is 4.96. The van der Waals surface area contributed by atoms with Crippen molar-refractivity contribution in [2.24, 2.45) is 5.92 Å². The van der Waals surface area contributed by atoms with Gasteiger partial charge in [0.1, 0.15) is 12.1 Å². The molecule has 188 valence electrons. The van der Waals surface area contributed by atoms with E-state index in [1.807, 2.05) is 61.5 Å². The summed E-state index contributed by atoms with van der Waals surface area (Å²) in [6.07, 6.45) is 2.44. The van der Waals surface area contributed by atoms with Crippen molar-refractivity contribution in [3.63, 3.8) is 0 Å². The molecule has 2 aliphatic rings. The zero-order valence-electron chi connectivity index (χ0n) is 20.1. The second-order valence-electron chi connectivity index (χ2n) is 9.22. The topological polar surface area (TPSA) is 116 Å². The molecule has 37 heavy (non-hydrogen) atoms. The third kappa shape index (κ3) is 4.62. The van der Waals surface area contributed by atoms with Crippen LogP contribution in [0.5, 0.6) is 0 Å². The molecule has 5 rings (SSSR count). The molecule has 0 unspecified atom stereocenters. The molecular formula is C28H26N4O5. The Hall–Kier alpha value is -4.34. The number of carbonyl (C=O) groups is 2. The van der Waals surface area contributed by atoms with Crippen LogP contribution < -0.4 is 5.43 Å². The van der Waals surface area contributed by atoms with Crippen molar-refractivity contribution < 1.29 is 19.6 Å². The van der Waals surface area contributed by atoms with Gasteiger partial charge in [0.2, 0.25) is 11.8 Å². The quantitative estimate of drug-likeness (QED) is 0.221. The summed E-state index contributed by atoms with van der Waals surface area (Å²) < 4.78 is 0. The van der Waals surface area contributed by atoms with Gasteiger partial charge in [0.15, 0.2) is 0 Å². The molecule has 9 nitrogen and oxygen atoms in total. The van der Waals surface area contributed by atoms with E-state index < -0.39 is 29.0 Å². The minimum Gasteiger partial charge on any atom is -0.386 e. The number of aryl methyl sites for hydroxylation is 1. The van der Waals surface area contributed by atoms with Crippen molar-refractivity contribution in [1.82, 2.24) is 9.91 Å². The smallest absolute Gasteiger partial charge is 0.269 e. The van der Waals surface area contributed by atoms with Crippen molar-refractivity contribution in [2.45, 2.75) is 31.7 Å². The second-order valence-corrected chi connectivity index (χ2v) is 9.22. The first kappa shape index (κ1) is 24.4. The number of nitro benzene ring substituents is 1. The van der Waals surface area contributed by atoms with Crippen LogP contribution in [0.25, 0.3) is 0 Å². The number of fused-ring (bicyclic) bond motifs is 1. The lowest BCUT2D eigenvalue weighted by molar-refractivity contribution is -0.384. The van der Waals surface area contributed by atoms with Gasteiger partial charge in [-0.05, 0) is 35.7 Å². The third-order valence-corrected chi connectivity index (χ3v) is 6.90. The number of carbonyl (C=O) groups excluding carboxylic acids is 2. The van der Waals surface area contributed by atoms with E-state index in [0.717, 1.165) is 11.1 Å². The average Bonchev–Trinajstić information content (AvgIpc) is 3.14. The number of nitrogens with zero attached hydrogens (tertiary/aromatic N) is 3. The fourth-order valence-corrected chi connectivity index (χ4v) is 4.96. The van der Waals surface area contributed by atoms with Gasteiger partial charge in [-0.3, -0.25) is 24.6 Å². The molecular weight excluding hydrogens is 472 g/mol. The van der Waals surface area contributed by atoms with Gasteiger partial charge < -0.3 is 10.5 Å². The monoisotopic (exact) mass is 498 g/mol. The van der Waals surface area contributed by atoms with E-state index in [4.69, 9.17) is 0 Å². The maximum absolute atomic E-state index is 13.7. The summed E-state index contributed by atoms with van der Waals surface area (Å²) in [4.78, 5) is 38.9. The first-order chi connectivity index (χ1) is 17.8. The molecule has 3 aromatic carbocycles. The zero-order chi connectivity index (χ0) is 26.1. The number of nitrogens with one attached hydrogen (secondary N) is 1. The van der Waals surface area contributed by atoms with Crippen LogP contribution in [0.1, 0.15) is 22.8 Å². The number of aliphatic hydroxyl groups excluding tert-OH is 1. The number of hydrogen-bond acceptors (Lipinski definition) is 7. The zero-order valence-corrected chi connectivity index (χ0v) is 20.1. The van der Waals surface area contributed by atoms with Crippen molar-refractivity contribution in [3.8, 4) is 0 Å². The van der Waals surface area contributed by atoms with Crippen LogP contribution in [-0.2, 0) is 16.1 Å². The molecule has 9 heteroatoms. The van der Waals surface area contributed by atoms with Crippen molar-refractivity contribution in [3.05, 3.63) is 118 Å². The van der Waals surface area contributed by atoms with E-state index >= 15 is 0 Å². The number of aliphatic hydroxyl groups is 1. The molecule has 4 atom stereocenters. The van der Waals surface area contributed by atoms with Gasteiger partial charge in [0, 0.05) is 17.8 Å². The number of amides is 2. The predicted octanol–water partition coefficient (Wildman–Crippen LogP) is 3.76. The first-order valence-electron chi connectivity index (χ1n) is 12.0. The van der Waals surface area contributed by atoms with Crippen LogP contribution in [0.15, 0.2) is 91.0 Å². The summed E-state index contributed by atoms with van der Waals surface area (Å²) in [5, 5.41) is 24.1. The number of non-ortho nitro benzene ring substituents is 1. The van der Waals surface area contributed by atoms with Gasteiger partial charge in [-0.1, -0.05) is 66.7 Å². The number of anilines is 1. The lowest BCUT2D eigenvalue weighted by Crippen LogP contribution is -2.55. The molecule has 0 aromatic heterocycles. The molecule has 2 heterocycles. The Balaban J connectivity index is 1.51. The maximum Gasteiger partial charge on any atom is 0.269 e. The van der Waals surface area contributed by atoms with E-state index in [1.165, 1.54) is 29.2 Å². The molecule has 3 aromatic rings. The molecule has 2 aliphatic heterocycles. The Morgan fingerprint density at radius 3 is 2.30 bits per heavy atom. The number of benzene rings is 3. The summed E-state index contributed by atoms with van der Waals surface area (Å²) in [5.74, 6) is -1.42. The Kier molecular flexibility index (Phi) is 6.56. The minimum absolute atomic E-state index is 0.0698. The molecule has 1 fully saturated rings. The van der Waals surface area contributed by atoms with Gasteiger partial charge >= 0.3 is 0 Å². The fraction of sp³-hybridized carbons (Fsp3) is 0.214. The van der Waals surface area contributed by atoms with E-state index in [9.17, 15) is 24.8 Å². The van der Waals surface area contributed by atoms with Crippen LogP contribution >= 0.6 is 0 Å². The standard InChI is InChI=1S/C28H26N4O5/c1-18-7-5-6-10-22(18)26(33)24-16-15-23-25(31(24)29-20-11-13-21(14-12-20)32(36)37)28(35)30(27(23)34)17-19-8-3-2-4-9-19/h2-16,23-26,29,33H,17H2,1H3/t23-,24-,25+,26-/m1/s1. The van der Waals surface area contributed by atoms with Gasteiger partial charge in [-0.15, -0.1) is 0 Å². The van der Waals surface area contributed by atoms with Crippen molar-refractivity contribution in [2.75, 3.05) is 5.43 Å². The highest BCUT2D eigenvalue weighted by Crippen LogP contribution is 2.37. The lowest BCUT2D eigenvalue weighted by Gasteiger charge is -2.41. The summed E-state index contributed by atoms with van der Waals surface area (Å²) in [7, 11) is 0. The highest BCUT2D eigenvalue weighted by molar-refractivity contribution is 6.08. The van der Waals surface area contributed by atoms with Gasteiger partial charge in [0.05, 0.1) is 23.4 Å². The SMILES string of the molecule is Cc1ccccc1[C@@H](O)[C@H]1C=C[C@H]2C(=O)N(Cc3ccccc3)C(=O)[C@H]2N1Nc1ccc([N+](=O)[O-])cc1. The predicted molar refractivity (Wildman–Crippen MR) is 137 cm³/mol. The van der Waals surface area contributed by atoms with Crippen LogP contribution in [0.2, 0.25) is 0 Å². The Morgan fingerprint density at radius 1 is 0.946 bits per heavy atom. The largest absolute Gasteiger partial charge is 0.386 e. The normalized spacial score (nSPS) is 22.1. The summed E-state index contributed by atoms with van der Waals surface area (Å²) >= 11 is 0. The van der Waals surface area contributed by atoms with E-state index in [-0.39, 0.29) is 24.0 Å². The summed E-state index contributed by atoms with van der Waals surface area (Å²) in [6, 6.07) is 20.9. The van der Waals surface area contributed by atoms with Crippen molar-refractivity contribution >= 4 is 23.2 Å². The molecule has 2 amide bonds. The molecule has 0 spiro atoms. The average molecular weight is 499 g/mol. The van der Waals surface area contributed by atoms with Crippen LogP contribution in [0, 0.1) is 23.0 Å². The summed E-state index contributed by atoms with van der Waals surface area (Å²) in [5.41, 5.74) is 6.01. The molecule has 0 bridgehead atoms. The minimum atomic E-state index is -1.00. The van der Waals surface area contributed by atoms with E-state index in [0.29, 0.717) is 11.3 Å². The summed E-state index contributed by atoms with van der Waals surface area (Å²) in [6.45, 7) is 2.05. The van der Waals surface area contributed by atoms with Crippen LogP contribution in [-0.4, -0.2) is 43.8 Å². The molecule has 2 N–H and O–H groups in total. The third-order valence-electron chi connectivity index (χ3n) is 6.90. The van der Waals surface area contributed by atoms with Gasteiger partial charge in [-0.2, -0.15) is 0 Å². The molecule has 1 saturated heterocycles. The van der Waals surface area contributed by atoms with Gasteiger partial charge in [0.25, 0.3) is 5.69 Å². The highest BCUT2D eigenvalue weighted by Gasteiger charge is 2.53. The van der Waals surface area contributed by atoms with E-state index in [1.54, 1.807) is 17.2 Å². The van der Waals surface area contributed by atoms with Gasteiger partial charge in [-0.25, -0.2) is 5.01 Å². The molecule has 0 saturated carbocycles. The highest BCUT2D eigenvalue weighted by atomic mass is 16.6. The second kappa shape index (κ2) is 9.96. The number of likely N-dealkylation sites (tertiary alicyclic amines) is 1. The number of hydrazine groups is 1. The Morgan fingerprint density at radius 2 is 1.62 bits per heavy atom. The molecule has 0 radical (unpaired) electrons. The number of hydrogen-bond donors (Lipinski definition) is 2. The van der Waals surface area contributed by atoms with E-state index in [2.05, 4.69) is 5.43 Å². The number of nitro groups is 1. The maximum atomic E-state index is 13.7. The lowest BCUT2D eigenvalue weighted by atomic mass is 9.89.